The highest BCUT2D eigenvalue weighted by molar-refractivity contribution is 6.13. The predicted molar refractivity (Wildman–Crippen MR) is 201 cm³/mol. The Kier molecular flexibility index (Phi) is 6.28. The van der Waals surface area contributed by atoms with Crippen LogP contribution in [0.15, 0.2) is 150 Å². The molecule has 0 spiro atoms. The van der Waals surface area contributed by atoms with Gasteiger partial charge in [0, 0.05) is 27.5 Å². The summed E-state index contributed by atoms with van der Waals surface area (Å²) in [6.07, 6.45) is 6.42. The van der Waals surface area contributed by atoms with Gasteiger partial charge in [0.05, 0.1) is 0 Å². The van der Waals surface area contributed by atoms with E-state index in [1.54, 1.807) is 0 Å². The zero-order valence-electron chi connectivity index (χ0n) is 26.6. The maximum atomic E-state index is 6.27. The SMILES string of the molecule is C1=Cc2c(-c3nc(-c4ccccc4)nc(-c4ccc5c(ccc6ccccc65)c4)n3)ccc(-c3cccc4oc5ccccc5c34)c2CC1. The molecule has 0 saturated heterocycles. The number of allylic oxidation sites excluding steroid dienone is 1. The van der Waals surface area contributed by atoms with Gasteiger partial charge in [-0.3, -0.25) is 0 Å². The summed E-state index contributed by atoms with van der Waals surface area (Å²) in [6, 6.07) is 48.7. The number of hydrogen-bond donors (Lipinski definition) is 0. The molecule has 10 rings (SSSR count). The molecule has 230 valence electrons. The second-order valence-electron chi connectivity index (χ2n) is 12.7. The Morgan fingerprint density at radius 1 is 0.469 bits per heavy atom. The lowest BCUT2D eigenvalue weighted by Gasteiger charge is -2.20. The first kappa shape index (κ1) is 27.7. The monoisotopic (exact) mass is 627 g/mol. The number of nitrogens with zero attached hydrogens (tertiary/aromatic N) is 3. The fraction of sp³-hybridized carbons (Fsp3) is 0.0444. The molecule has 0 fully saturated rings. The van der Waals surface area contributed by atoms with Gasteiger partial charge in [-0.05, 0) is 80.9 Å². The molecule has 1 aliphatic carbocycles. The number of hydrogen-bond acceptors (Lipinski definition) is 4. The Bertz CT molecular complexity index is 2780. The van der Waals surface area contributed by atoms with Gasteiger partial charge < -0.3 is 4.42 Å². The molecular weight excluding hydrogens is 599 g/mol. The number of benzene rings is 7. The van der Waals surface area contributed by atoms with Gasteiger partial charge >= 0.3 is 0 Å². The van der Waals surface area contributed by atoms with Crippen molar-refractivity contribution in [3.8, 4) is 45.3 Å². The number of fused-ring (bicyclic) bond motifs is 7. The fourth-order valence-electron chi connectivity index (χ4n) is 7.49. The smallest absolute Gasteiger partial charge is 0.164 e. The number of aromatic nitrogens is 3. The summed E-state index contributed by atoms with van der Waals surface area (Å²) >= 11 is 0. The van der Waals surface area contributed by atoms with Gasteiger partial charge in [0.2, 0.25) is 0 Å². The minimum Gasteiger partial charge on any atom is -0.456 e. The van der Waals surface area contributed by atoms with Crippen molar-refractivity contribution in [2.45, 2.75) is 12.8 Å². The van der Waals surface area contributed by atoms with E-state index < -0.39 is 0 Å². The predicted octanol–water partition coefficient (Wildman–Crippen LogP) is 11.7. The molecule has 2 heterocycles. The molecule has 0 unspecified atom stereocenters. The number of para-hydroxylation sites is 1. The highest BCUT2D eigenvalue weighted by Gasteiger charge is 2.22. The van der Waals surface area contributed by atoms with E-state index in [4.69, 9.17) is 19.4 Å². The molecule has 4 nitrogen and oxygen atoms in total. The zero-order valence-corrected chi connectivity index (χ0v) is 26.6. The molecule has 0 bridgehead atoms. The Balaban J connectivity index is 1.17. The third-order valence-electron chi connectivity index (χ3n) is 9.81. The molecule has 2 aromatic heterocycles. The van der Waals surface area contributed by atoms with E-state index in [1.165, 1.54) is 32.8 Å². The molecule has 0 N–H and O–H groups in total. The third kappa shape index (κ3) is 4.56. The lowest BCUT2D eigenvalue weighted by molar-refractivity contribution is 0.669. The lowest BCUT2D eigenvalue weighted by Crippen LogP contribution is -2.05. The van der Waals surface area contributed by atoms with Crippen molar-refractivity contribution in [2.24, 2.45) is 0 Å². The van der Waals surface area contributed by atoms with Gasteiger partial charge in [0.15, 0.2) is 17.5 Å². The van der Waals surface area contributed by atoms with Gasteiger partial charge in [-0.1, -0.05) is 127 Å². The van der Waals surface area contributed by atoms with Crippen LogP contribution in [0.4, 0.5) is 0 Å². The summed E-state index contributed by atoms with van der Waals surface area (Å²) in [7, 11) is 0. The number of rotatable bonds is 4. The zero-order chi connectivity index (χ0) is 32.3. The third-order valence-corrected chi connectivity index (χ3v) is 9.81. The molecule has 9 aromatic rings. The summed E-state index contributed by atoms with van der Waals surface area (Å²) in [6.45, 7) is 0. The van der Waals surface area contributed by atoms with Gasteiger partial charge in [-0.15, -0.1) is 0 Å². The Labute approximate surface area is 283 Å². The highest BCUT2D eigenvalue weighted by atomic mass is 16.3. The summed E-state index contributed by atoms with van der Waals surface area (Å²) in [4.78, 5) is 15.4. The van der Waals surface area contributed by atoms with Crippen LogP contribution in [-0.2, 0) is 6.42 Å². The molecular formula is C45H29N3O. The van der Waals surface area contributed by atoms with Gasteiger partial charge in [0.1, 0.15) is 11.2 Å². The van der Waals surface area contributed by atoms with Crippen LogP contribution in [0, 0.1) is 0 Å². The van der Waals surface area contributed by atoms with E-state index in [1.807, 2.05) is 30.3 Å². The Hall–Kier alpha value is -6.39. The minimum absolute atomic E-state index is 0.658. The van der Waals surface area contributed by atoms with E-state index in [2.05, 4.69) is 121 Å². The first-order chi connectivity index (χ1) is 24.3. The van der Waals surface area contributed by atoms with E-state index in [9.17, 15) is 0 Å². The van der Waals surface area contributed by atoms with Crippen molar-refractivity contribution >= 4 is 49.6 Å². The summed E-state index contributed by atoms with van der Waals surface area (Å²) in [5, 5.41) is 7.14. The van der Waals surface area contributed by atoms with Gasteiger partial charge in [-0.2, -0.15) is 0 Å². The van der Waals surface area contributed by atoms with Crippen LogP contribution >= 0.6 is 0 Å². The van der Waals surface area contributed by atoms with Crippen molar-refractivity contribution in [1.29, 1.82) is 0 Å². The van der Waals surface area contributed by atoms with E-state index in [0.717, 1.165) is 62.4 Å². The van der Waals surface area contributed by atoms with Crippen LogP contribution in [0.25, 0.3) is 94.8 Å². The molecule has 0 atom stereocenters. The Morgan fingerprint density at radius 3 is 2.10 bits per heavy atom. The van der Waals surface area contributed by atoms with Crippen molar-refractivity contribution in [3.63, 3.8) is 0 Å². The van der Waals surface area contributed by atoms with Crippen molar-refractivity contribution in [1.82, 2.24) is 15.0 Å². The molecule has 0 saturated carbocycles. The molecule has 0 amide bonds. The van der Waals surface area contributed by atoms with Crippen LogP contribution in [0.2, 0.25) is 0 Å². The van der Waals surface area contributed by atoms with E-state index >= 15 is 0 Å². The van der Waals surface area contributed by atoms with Crippen molar-refractivity contribution in [2.75, 3.05) is 0 Å². The molecule has 49 heavy (non-hydrogen) atoms. The summed E-state index contributed by atoms with van der Waals surface area (Å²) in [5.74, 6) is 1.99. The first-order valence-corrected chi connectivity index (χ1v) is 16.8. The van der Waals surface area contributed by atoms with Crippen molar-refractivity contribution in [3.05, 3.63) is 157 Å². The summed E-state index contributed by atoms with van der Waals surface area (Å²) < 4.78 is 6.27. The average Bonchev–Trinajstić information content (AvgIpc) is 3.56. The quantitative estimate of drug-likeness (QED) is 0.182. The van der Waals surface area contributed by atoms with Crippen LogP contribution in [0.1, 0.15) is 17.5 Å². The van der Waals surface area contributed by atoms with Crippen molar-refractivity contribution < 1.29 is 4.42 Å². The molecule has 7 aromatic carbocycles. The highest BCUT2D eigenvalue weighted by Crippen LogP contribution is 2.42. The maximum absolute atomic E-state index is 6.27. The van der Waals surface area contributed by atoms with Crippen LogP contribution < -0.4 is 0 Å². The van der Waals surface area contributed by atoms with Crippen LogP contribution in [-0.4, -0.2) is 15.0 Å². The second-order valence-corrected chi connectivity index (χ2v) is 12.7. The average molecular weight is 628 g/mol. The van der Waals surface area contributed by atoms with Gasteiger partial charge in [-0.25, -0.2) is 15.0 Å². The second kappa shape index (κ2) is 11.1. The largest absolute Gasteiger partial charge is 0.456 e. The van der Waals surface area contributed by atoms with E-state index in [0.29, 0.717) is 17.5 Å². The first-order valence-electron chi connectivity index (χ1n) is 16.8. The van der Waals surface area contributed by atoms with E-state index in [-0.39, 0.29) is 0 Å². The van der Waals surface area contributed by atoms with Crippen LogP contribution in [0.5, 0.6) is 0 Å². The minimum atomic E-state index is 0.658. The topological polar surface area (TPSA) is 51.8 Å². The Morgan fingerprint density at radius 2 is 1.18 bits per heavy atom. The normalized spacial score (nSPS) is 12.7. The number of furan rings is 1. The van der Waals surface area contributed by atoms with Crippen LogP contribution in [0.3, 0.4) is 0 Å². The standard InChI is InChI=1S/C45H29N3O/c1-2-12-29(13-3-1)43-46-44(31-23-24-33-30(27-31)22-21-28-11-4-5-14-32(28)33)48-45(47-43)38-26-25-36(34-15-6-7-16-35(34)38)37-18-10-20-41-42(37)39-17-8-9-19-40(39)49-41/h1-5,7-14,16-27H,6,15H2. The van der Waals surface area contributed by atoms with Gasteiger partial charge in [0.25, 0.3) is 0 Å². The lowest BCUT2D eigenvalue weighted by atomic mass is 9.85. The fourth-order valence-corrected chi connectivity index (χ4v) is 7.49. The summed E-state index contributed by atoms with van der Waals surface area (Å²) in [5.41, 5.74) is 9.61. The molecule has 0 aliphatic heterocycles. The molecule has 0 radical (unpaired) electrons. The molecule has 1 aliphatic rings. The maximum Gasteiger partial charge on any atom is 0.164 e. The molecule has 4 heteroatoms.